The van der Waals surface area contributed by atoms with Crippen LogP contribution < -0.4 is 5.73 Å². The highest BCUT2D eigenvalue weighted by Gasteiger charge is 2.12. The Kier molecular flexibility index (Phi) is 7.24. The van der Waals surface area contributed by atoms with E-state index in [1.807, 2.05) is 30.2 Å². The van der Waals surface area contributed by atoms with Crippen molar-refractivity contribution < 1.29 is 0 Å². The highest BCUT2D eigenvalue weighted by atomic mass is 32.2. The standard InChI is InChI=1S/C13H23N3S/c1-3-17-8-6-13(9-14)16(2)11-12-5-4-7-15-10-12/h4-5,7,10,13H,3,6,8-9,11,14H2,1-2H3. The van der Waals surface area contributed by atoms with E-state index in [1.165, 1.54) is 17.1 Å². The number of thioether (sulfide) groups is 1. The minimum atomic E-state index is 0.467. The normalized spacial score (nSPS) is 12.9. The van der Waals surface area contributed by atoms with Crippen molar-refractivity contribution in [2.45, 2.75) is 25.9 Å². The van der Waals surface area contributed by atoms with Gasteiger partial charge in [-0.3, -0.25) is 9.88 Å². The van der Waals surface area contributed by atoms with Crippen molar-refractivity contribution in [3.8, 4) is 0 Å². The second kappa shape index (κ2) is 8.50. The Morgan fingerprint density at radius 1 is 1.53 bits per heavy atom. The number of aromatic nitrogens is 1. The van der Waals surface area contributed by atoms with Crippen LogP contribution in [0, 0.1) is 0 Å². The van der Waals surface area contributed by atoms with E-state index in [0.717, 1.165) is 19.5 Å². The second-order valence-corrected chi connectivity index (χ2v) is 5.55. The number of nitrogens with two attached hydrogens (primary N) is 1. The number of nitrogens with zero attached hydrogens (tertiary/aromatic N) is 2. The van der Waals surface area contributed by atoms with E-state index in [4.69, 9.17) is 5.73 Å². The molecule has 0 saturated carbocycles. The average molecular weight is 253 g/mol. The van der Waals surface area contributed by atoms with Gasteiger partial charge in [0, 0.05) is 31.5 Å². The molecule has 1 unspecified atom stereocenters. The molecule has 1 heterocycles. The quantitative estimate of drug-likeness (QED) is 0.719. The van der Waals surface area contributed by atoms with Gasteiger partial charge in [0.05, 0.1) is 0 Å². The Balaban J connectivity index is 2.40. The van der Waals surface area contributed by atoms with Crippen LogP contribution in [0.5, 0.6) is 0 Å². The first-order chi connectivity index (χ1) is 8.27. The largest absolute Gasteiger partial charge is 0.329 e. The molecule has 0 fully saturated rings. The number of hydrogen-bond donors (Lipinski definition) is 1. The molecule has 0 aromatic carbocycles. The van der Waals surface area contributed by atoms with Gasteiger partial charge in [-0.05, 0) is 36.6 Å². The van der Waals surface area contributed by atoms with Crippen molar-refractivity contribution in [1.29, 1.82) is 0 Å². The third-order valence-corrected chi connectivity index (χ3v) is 3.78. The molecule has 0 aliphatic heterocycles. The maximum Gasteiger partial charge on any atom is 0.0312 e. The molecule has 1 atom stereocenters. The van der Waals surface area contributed by atoms with Crippen LogP contribution in [0.4, 0.5) is 0 Å². The molecule has 0 aliphatic carbocycles. The molecule has 0 radical (unpaired) electrons. The first-order valence-electron chi connectivity index (χ1n) is 6.14. The number of pyridine rings is 1. The van der Waals surface area contributed by atoms with Crippen molar-refractivity contribution in [3.05, 3.63) is 30.1 Å². The van der Waals surface area contributed by atoms with Gasteiger partial charge >= 0.3 is 0 Å². The lowest BCUT2D eigenvalue weighted by atomic mass is 10.2. The van der Waals surface area contributed by atoms with Crippen molar-refractivity contribution in [2.75, 3.05) is 25.1 Å². The highest BCUT2D eigenvalue weighted by Crippen LogP contribution is 2.10. The van der Waals surface area contributed by atoms with Gasteiger partial charge in [-0.1, -0.05) is 13.0 Å². The SMILES string of the molecule is CCSCCC(CN)N(C)Cc1cccnc1. The molecule has 4 heteroatoms. The summed E-state index contributed by atoms with van der Waals surface area (Å²) in [6.45, 7) is 3.84. The van der Waals surface area contributed by atoms with Gasteiger partial charge in [0.15, 0.2) is 0 Å². The summed E-state index contributed by atoms with van der Waals surface area (Å²) in [5.41, 5.74) is 7.09. The zero-order valence-corrected chi connectivity index (χ0v) is 11.6. The monoisotopic (exact) mass is 253 g/mol. The molecule has 0 aliphatic rings. The van der Waals surface area contributed by atoms with E-state index >= 15 is 0 Å². The Morgan fingerprint density at radius 3 is 2.94 bits per heavy atom. The lowest BCUT2D eigenvalue weighted by Gasteiger charge is -2.26. The Labute approximate surface area is 109 Å². The molecule has 0 bridgehead atoms. The average Bonchev–Trinajstić information content (AvgIpc) is 2.36. The molecule has 1 aromatic rings. The summed E-state index contributed by atoms with van der Waals surface area (Å²) in [5, 5.41) is 0. The lowest BCUT2D eigenvalue weighted by molar-refractivity contribution is 0.234. The highest BCUT2D eigenvalue weighted by molar-refractivity contribution is 7.99. The van der Waals surface area contributed by atoms with Gasteiger partial charge in [0.2, 0.25) is 0 Å². The number of hydrogen-bond acceptors (Lipinski definition) is 4. The third-order valence-electron chi connectivity index (χ3n) is 2.85. The summed E-state index contributed by atoms with van der Waals surface area (Å²) in [4.78, 5) is 6.46. The van der Waals surface area contributed by atoms with E-state index in [-0.39, 0.29) is 0 Å². The summed E-state index contributed by atoms with van der Waals surface area (Å²) in [7, 11) is 2.14. The molecular weight excluding hydrogens is 230 g/mol. The summed E-state index contributed by atoms with van der Waals surface area (Å²) < 4.78 is 0. The Morgan fingerprint density at radius 2 is 2.35 bits per heavy atom. The van der Waals surface area contributed by atoms with Crippen LogP contribution in [0.3, 0.4) is 0 Å². The maximum absolute atomic E-state index is 5.84. The van der Waals surface area contributed by atoms with Crippen LogP contribution in [0.15, 0.2) is 24.5 Å². The van der Waals surface area contributed by atoms with Crippen molar-refractivity contribution in [1.82, 2.24) is 9.88 Å². The fourth-order valence-corrected chi connectivity index (χ4v) is 2.52. The molecule has 0 amide bonds. The minimum absolute atomic E-state index is 0.467. The van der Waals surface area contributed by atoms with Gasteiger partial charge in [0.1, 0.15) is 0 Å². The Hall–Kier alpha value is -0.580. The van der Waals surface area contributed by atoms with Crippen LogP contribution in [0.1, 0.15) is 18.9 Å². The van der Waals surface area contributed by atoms with E-state index < -0.39 is 0 Å². The van der Waals surface area contributed by atoms with Gasteiger partial charge in [0.25, 0.3) is 0 Å². The zero-order chi connectivity index (χ0) is 12.5. The lowest BCUT2D eigenvalue weighted by Crippen LogP contribution is -2.37. The van der Waals surface area contributed by atoms with Gasteiger partial charge in [-0.2, -0.15) is 11.8 Å². The summed E-state index contributed by atoms with van der Waals surface area (Å²) >= 11 is 1.98. The van der Waals surface area contributed by atoms with Gasteiger partial charge < -0.3 is 5.73 Å². The summed E-state index contributed by atoms with van der Waals surface area (Å²) in [6.07, 6.45) is 4.89. The van der Waals surface area contributed by atoms with E-state index in [0.29, 0.717) is 6.04 Å². The fourth-order valence-electron chi connectivity index (χ4n) is 1.79. The topological polar surface area (TPSA) is 42.1 Å². The van der Waals surface area contributed by atoms with Crippen LogP contribution in [0.2, 0.25) is 0 Å². The third kappa shape index (κ3) is 5.52. The molecule has 0 spiro atoms. The summed E-state index contributed by atoms with van der Waals surface area (Å²) in [6, 6.07) is 4.56. The number of rotatable bonds is 8. The number of likely N-dealkylation sites (N-methyl/N-ethyl adjacent to an activating group) is 1. The first kappa shape index (κ1) is 14.5. The molecule has 1 rings (SSSR count). The molecule has 2 N–H and O–H groups in total. The molecule has 3 nitrogen and oxygen atoms in total. The van der Waals surface area contributed by atoms with Crippen LogP contribution >= 0.6 is 11.8 Å². The second-order valence-electron chi connectivity index (χ2n) is 4.15. The van der Waals surface area contributed by atoms with Gasteiger partial charge in [-0.15, -0.1) is 0 Å². The summed E-state index contributed by atoms with van der Waals surface area (Å²) in [5.74, 6) is 2.37. The van der Waals surface area contributed by atoms with E-state index in [2.05, 4.69) is 29.9 Å². The fraction of sp³-hybridized carbons (Fsp3) is 0.615. The van der Waals surface area contributed by atoms with Gasteiger partial charge in [-0.25, -0.2) is 0 Å². The molecule has 17 heavy (non-hydrogen) atoms. The minimum Gasteiger partial charge on any atom is -0.329 e. The first-order valence-corrected chi connectivity index (χ1v) is 7.30. The van der Waals surface area contributed by atoms with Crippen LogP contribution in [-0.2, 0) is 6.54 Å². The van der Waals surface area contributed by atoms with Crippen molar-refractivity contribution in [3.63, 3.8) is 0 Å². The van der Waals surface area contributed by atoms with E-state index in [9.17, 15) is 0 Å². The Bertz CT molecular complexity index is 292. The maximum atomic E-state index is 5.84. The zero-order valence-electron chi connectivity index (χ0n) is 10.8. The predicted octanol–water partition coefficient (Wildman–Crippen LogP) is 1.98. The molecule has 1 aromatic heterocycles. The van der Waals surface area contributed by atoms with E-state index in [1.54, 1.807) is 0 Å². The molecule has 0 saturated heterocycles. The molecular formula is C13H23N3S. The van der Waals surface area contributed by atoms with Crippen molar-refractivity contribution in [2.24, 2.45) is 5.73 Å². The van der Waals surface area contributed by atoms with Crippen LogP contribution in [0.25, 0.3) is 0 Å². The predicted molar refractivity (Wildman–Crippen MR) is 76.2 cm³/mol. The van der Waals surface area contributed by atoms with Crippen molar-refractivity contribution >= 4 is 11.8 Å². The molecule has 96 valence electrons. The smallest absolute Gasteiger partial charge is 0.0312 e. The van der Waals surface area contributed by atoms with Crippen LogP contribution in [-0.4, -0.2) is 41.0 Å².